The average molecular weight is 408 g/mol. The first-order valence-electron chi connectivity index (χ1n) is 7.74. The molecule has 138 valence electrons. The highest BCUT2D eigenvalue weighted by molar-refractivity contribution is 6.32. The molecule has 0 spiro atoms. The quantitative estimate of drug-likeness (QED) is 0.482. The zero-order valence-electron chi connectivity index (χ0n) is 14.0. The summed E-state index contributed by atoms with van der Waals surface area (Å²) in [7, 11) is 1.52. The molecule has 0 aliphatic carbocycles. The molecule has 1 aromatic heterocycles. The minimum atomic E-state index is -1.09. The topological polar surface area (TPSA) is 66.2 Å². The average Bonchev–Trinajstić information content (AvgIpc) is 3.06. The predicted octanol–water partition coefficient (Wildman–Crippen LogP) is 4.51. The van der Waals surface area contributed by atoms with Crippen molar-refractivity contribution in [3.05, 3.63) is 70.1 Å². The van der Waals surface area contributed by atoms with E-state index in [4.69, 9.17) is 33.0 Å². The Morgan fingerprint density at radius 1 is 1.22 bits per heavy atom. The van der Waals surface area contributed by atoms with Crippen molar-refractivity contribution in [3.8, 4) is 22.7 Å². The number of carboxylic acids is 1. The van der Waals surface area contributed by atoms with Crippen molar-refractivity contribution < 1.29 is 23.7 Å². The van der Waals surface area contributed by atoms with E-state index in [1.807, 2.05) is 0 Å². The predicted molar refractivity (Wildman–Crippen MR) is 101 cm³/mol. The Kier molecular flexibility index (Phi) is 5.48. The molecule has 27 heavy (non-hydrogen) atoms. The van der Waals surface area contributed by atoms with E-state index in [0.717, 1.165) is 6.08 Å². The largest absolute Gasteiger partial charge is 0.495 e. The molecular formula is C19H14Cl2FN2O3+. The fraction of sp³-hybridized carbons (Fsp3) is 0.0526. The van der Waals surface area contributed by atoms with Crippen LogP contribution in [0, 0.1) is 5.82 Å². The van der Waals surface area contributed by atoms with Gasteiger partial charge in [-0.15, -0.1) is 0 Å². The summed E-state index contributed by atoms with van der Waals surface area (Å²) in [5.74, 6) is -1.14. The lowest BCUT2D eigenvalue weighted by molar-refractivity contribution is -0.654. The zero-order valence-corrected chi connectivity index (χ0v) is 15.6. The van der Waals surface area contributed by atoms with Crippen molar-refractivity contribution in [3.63, 3.8) is 0 Å². The number of rotatable bonds is 5. The van der Waals surface area contributed by atoms with Crippen LogP contribution in [0.3, 0.4) is 0 Å². The number of carbonyl (C=O) groups is 1. The molecule has 0 fully saturated rings. The molecule has 0 radical (unpaired) electrons. The van der Waals surface area contributed by atoms with Crippen LogP contribution in [0.15, 0.2) is 48.7 Å². The van der Waals surface area contributed by atoms with Gasteiger partial charge >= 0.3 is 5.97 Å². The lowest BCUT2D eigenvalue weighted by atomic mass is 10.1. The third kappa shape index (κ3) is 4.13. The molecule has 0 bridgehead atoms. The number of ether oxygens (including phenoxy) is 1. The van der Waals surface area contributed by atoms with Gasteiger partial charge in [-0.3, -0.25) is 0 Å². The lowest BCUT2D eigenvalue weighted by Crippen LogP contribution is -2.31. The van der Waals surface area contributed by atoms with Gasteiger partial charge in [-0.1, -0.05) is 34.0 Å². The number of aromatic nitrogens is 2. The van der Waals surface area contributed by atoms with E-state index in [0.29, 0.717) is 33.3 Å². The molecule has 0 saturated carbocycles. The molecule has 3 aromatic rings. The van der Waals surface area contributed by atoms with Crippen LogP contribution >= 0.6 is 23.2 Å². The highest BCUT2D eigenvalue weighted by Gasteiger charge is 2.19. The highest BCUT2D eigenvalue weighted by atomic mass is 35.5. The molecule has 0 atom stereocenters. The Balaban J connectivity index is 2.13. The van der Waals surface area contributed by atoms with Crippen LogP contribution in [-0.2, 0) is 4.79 Å². The fourth-order valence-corrected chi connectivity index (χ4v) is 2.90. The number of H-pyrrole nitrogens is 1. The Morgan fingerprint density at radius 2 is 2.00 bits per heavy atom. The summed E-state index contributed by atoms with van der Waals surface area (Å²) in [5, 5.41) is 12.5. The maximum absolute atomic E-state index is 13.9. The van der Waals surface area contributed by atoms with Crippen molar-refractivity contribution >= 4 is 35.2 Å². The second-order valence-corrected chi connectivity index (χ2v) is 6.37. The van der Waals surface area contributed by atoms with E-state index in [1.165, 1.54) is 25.3 Å². The van der Waals surface area contributed by atoms with Crippen LogP contribution in [0.5, 0.6) is 5.75 Å². The molecule has 8 heteroatoms. The monoisotopic (exact) mass is 407 g/mol. The van der Waals surface area contributed by atoms with Crippen molar-refractivity contribution in [2.24, 2.45) is 0 Å². The number of aliphatic carboxylic acids is 1. The molecule has 3 rings (SSSR count). The summed E-state index contributed by atoms with van der Waals surface area (Å²) in [6, 6.07) is 9.52. The van der Waals surface area contributed by atoms with Crippen LogP contribution in [0.2, 0.25) is 10.0 Å². The van der Waals surface area contributed by atoms with Crippen molar-refractivity contribution in [1.82, 2.24) is 5.10 Å². The Hall–Kier alpha value is -2.83. The fourth-order valence-electron chi connectivity index (χ4n) is 2.54. The van der Waals surface area contributed by atoms with Gasteiger partial charge in [0.25, 0.3) is 0 Å². The Morgan fingerprint density at radius 3 is 2.63 bits per heavy atom. The minimum absolute atomic E-state index is 0.00254. The number of methoxy groups -OCH3 is 1. The van der Waals surface area contributed by atoms with Crippen LogP contribution in [0.1, 0.15) is 5.56 Å². The summed E-state index contributed by atoms with van der Waals surface area (Å²) in [5.41, 5.74) is 2.27. The molecule has 0 saturated heterocycles. The molecule has 2 aromatic carbocycles. The van der Waals surface area contributed by atoms with Crippen LogP contribution < -0.4 is 9.42 Å². The normalized spacial score (nSPS) is 11.1. The van der Waals surface area contributed by atoms with Gasteiger partial charge in [0, 0.05) is 23.8 Å². The van der Waals surface area contributed by atoms with E-state index in [2.05, 4.69) is 5.10 Å². The maximum atomic E-state index is 13.9. The molecular weight excluding hydrogens is 394 g/mol. The first kappa shape index (κ1) is 18.9. The number of benzene rings is 2. The smallest absolute Gasteiger partial charge is 0.328 e. The summed E-state index contributed by atoms with van der Waals surface area (Å²) in [6.07, 6.45) is 4.10. The summed E-state index contributed by atoms with van der Waals surface area (Å²) < 4.78 is 20.7. The van der Waals surface area contributed by atoms with Gasteiger partial charge in [-0.05, 0) is 24.3 Å². The van der Waals surface area contributed by atoms with Gasteiger partial charge < -0.3 is 9.84 Å². The first-order chi connectivity index (χ1) is 12.9. The van der Waals surface area contributed by atoms with Gasteiger partial charge in [0.05, 0.1) is 22.7 Å². The van der Waals surface area contributed by atoms with Crippen molar-refractivity contribution in [2.75, 3.05) is 7.11 Å². The second kappa shape index (κ2) is 7.82. The summed E-state index contributed by atoms with van der Waals surface area (Å²) in [6.45, 7) is 0. The highest BCUT2D eigenvalue weighted by Crippen LogP contribution is 2.28. The number of hydrogen-bond acceptors (Lipinski definition) is 2. The number of carboxylic acid groups (broad SMARTS) is 1. The molecule has 2 N–H and O–H groups in total. The van der Waals surface area contributed by atoms with E-state index >= 15 is 0 Å². The lowest BCUT2D eigenvalue weighted by Gasteiger charge is -2.01. The molecule has 0 unspecified atom stereocenters. The van der Waals surface area contributed by atoms with E-state index < -0.39 is 11.8 Å². The summed E-state index contributed by atoms with van der Waals surface area (Å²) >= 11 is 11.9. The van der Waals surface area contributed by atoms with Gasteiger partial charge in [-0.2, -0.15) is 5.10 Å². The molecule has 5 nitrogen and oxygen atoms in total. The third-order valence-corrected chi connectivity index (χ3v) is 4.42. The second-order valence-electron chi connectivity index (χ2n) is 5.56. The van der Waals surface area contributed by atoms with Crippen molar-refractivity contribution in [2.45, 2.75) is 0 Å². The molecule has 0 amide bonds. The number of nitrogens with one attached hydrogen (secondary N) is 1. The van der Waals surface area contributed by atoms with Gasteiger partial charge in [-0.25, -0.2) is 9.18 Å². The Labute approximate surface area is 164 Å². The third-order valence-electron chi connectivity index (χ3n) is 3.82. The maximum Gasteiger partial charge on any atom is 0.328 e. The van der Waals surface area contributed by atoms with Crippen LogP contribution in [0.25, 0.3) is 23.0 Å². The van der Waals surface area contributed by atoms with E-state index in [9.17, 15) is 9.18 Å². The number of nitrogens with zero attached hydrogens (tertiary/aromatic N) is 1. The van der Waals surface area contributed by atoms with Gasteiger partial charge in [0.15, 0.2) is 0 Å². The minimum Gasteiger partial charge on any atom is -0.495 e. The Bertz CT molecular complexity index is 1050. The first-order valence-corrected chi connectivity index (χ1v) is 8.49. The van der Waals surface area contributed by atoms with Crippen molar-refractivity contribution in [1.29, 1.82) is 0 Å². The molecule has 0 aliphatic heterocycles. The molecule has 0 aliphatic rings. The number of halogens is 3. The van der Waals surface area contributed by atoms with E-state index in [1.54, 1.807) is 35.1 Å². The zero-order chi connectivity index (χ0) is 19.6. The summed E-state index contributed by atoms with van der Waals surface area (Å²) in [4.78, 5) is 10.9. The standard InChI is InChI=1S/C19H13Cl2FN2O3/c1-27-17-6-4-13(9-15(17)21)24-10-12(3-7-18(25)26)19(23-24)11-2-5-14(20)16(22)8-11/h2-10H,1H3,(H,25,26)/p+1/b7-3+. The van der Waals surface area contributed by atoms with Crippen LogP contribution in [0.4, 0.5) is 4.39 Å². The van der Waals surface area contributed by atoms with Crippen LogP contribution in [-0.4, -0.2) is 23.3 Å². The van der Waals surface area contributed by atoms with E-state index in [-0.39, 0.29) is 5.02 Å². The van der Waals surface area contributed by atoms with Gasteiger partial charge in [0.2, 0.25) is 11.9 Å². The number of aromatic amines is 1. The van der Waals surface area contributed by atoms with Gasteiger partial charge in [0.1, 0.15) is 17.3 Å². The SMILES string of the molecule is COc1ccc(-[n+]2cc(/C=C/C(=O)O)c(-c3ccc(Cl)c(F)c3)[nH]2)cc1Cl. The molecule has 1 heterocycles. The number of hydrogen-bond donors (Lipinski definition) is 2.